The molecule has 35 heavy (non-hydrogen) atoms. The zero-order chi connectivity index (χ0) is 24.8. The molecule has 9 nitrogen and oxygen atoms in total. The fraction of sp³-hybridized carbons (Fsp3) is 0.115. The topological polar surface area (TPSA) is 119 Å². The van der Waals surface area contributed by atoms with Crippen molar-refractivity contribution in [1.82, 2.24) is 15.1 Å². The first-order valence-electron chi connectivity index (χ1n) is 10.8. The standard InChI is InChI=1S/C26H22N4O5/c1-35-22(31)15-27-24(32)18-11-13-19(14-12-18)28-25(33)23-20-9-5-6-10-21(20)26(34)30(29-23)16-17-7-3-2-4-8-17/h2-14H,15-16H2,1H3,(H,27,32)(H,28,33). The van der Waals surface area contributed by atoms with Gasteiger partial charge in [-0.3, -0.25) is 19.2 Å². The second kappa shape index (κ2) is 10.4. The van der Waals surface area contributed by atoms with E-state index in [9.17, 15) is 19.2 Å². The number of benzene rings is 3. The van der Waals surface area contributed by atoms with Crippen LogP contribution in [-0.4, -0.2) is 41.2 Å². The minimum absolute atomic E-state index is 0.107. The number of hydrogen-bond acceptors (Lipinski definition) is 6. The SMILES string of the molecule is COC(=O)CNC(=O)c1ccc(NC(=O)c2nn(Cc3ccccc3)c(=O)c3ccccc23)cc1. The molecule has 0 atom stereocenters. The summed E-state index contributed by atoms with van der Waals surface area (Å²) in [5.74, 6) is -1.50. The molecule has 2 amide bonds. The highest BCUT2D eigenvalue weighted by Gasteiger charge is 2.17. The third kappa shape index (κ3) is 5.41. The van der Waals surface area contributed by atoms with E-state index >= 15 is 0 Å². The highest BCUT2D eigenvalue weighted by Crippen LogP contribution is 2.17. The molecule has 0 aliphatic carbocycles. The zero-order valence-corrected chi connectivity index (χ0v) is 18.9. The van der Waals surface area contributed by atoms with Crippen molar-refractivity contribution < 1.29 is 19.1 Å². The Bertz CT molecular complexity index is 1450. The lowest BCUT2D eigenvalue weighted by molar-refractivity contribution is -0.139. The molecule has 0 spiro atoms. The normalized spacial score (nSPS) is 10.5. The summed E-state index contributed by atoms with van der Waals surface area (Å²) in [5, 5.41) is 10.4. The highest BCUT2D eigenvalue weighted by atomic mass is 16.5. The first kappa shape index (κ1) is 23.4. The van der Waals surface area contributed by atoms with Crippen molar-refractivity contribution in [3.63, 3.8) is 0 Å². The predicted octanol–water partition coefficient (Wildman–Crippen LogP) is 2.60. The number of rotatable bonds is 7. The van der Waals surface area contributed by atoms with Crippen molar-refractivity contribution in [2.24, 2.45) is 0 Å². The van der Waals surface area contributed by atoms with Gasteiger partial charge in [-0.2, -0.15) is 5.10 Å². The molecule has 2 N–H and O–H groups in total. The van der Waals surface area contributed by atoms with Gasteiger partial charge in [-0.25, -0.2) is 4.68 Å². The smallest absolute Gasteiger partial charge is 0.325 e. The molecular weight excluding hydrogens is 448 g/mol. The van der Waals surface area contributed by atoms with Crippen LogP contribution in [0.25, 0.3) is 10.8 Å². The second-order valence-electron chi connectivity index (χ2n) is 7.63. The lowest BCUT2D eigenvalue weighted by Gasteiger charge is -2.12. The van der Waals surface area contributed by atoms with Crippen LogP contribution in [0.5, 0.6) is 0 Å². The molecule has 0 bridgehead atoms. The summed E-state index contributed by atoms with van der Waals surface area (Å²) in [4.78, 5) is 49.5. The molecule has 176 valence electrons. The number of nitrogens with zero attached hydrogens (tertiary/aromatic N) is 2. The van der Waals surface area contributed by atoms with Crippen molar-refractivity contribution in [2.75, 3.05) is 19.0 Å². The van der Waals surface area contributed by atoms with Gasteiger partial charge in [0.1, 0.15) is 6.54 Å². The maximum Gasteiger partial charge on any atom is 0.325 e. The van der Waals surface area contributed by atoms with Gasteiger partial charge < -0.3 is 15.4 Å². The zero-order valence-electron chi connectivity index (χ0n) is 18.9. The van der Waals surface area contributed by atoms with Crippen LogP contribution in [0.3, 0.4) is 0 Å². The van der Waals surface area contributed by atoms with Crippen LogP contribution in [0.15, 0.2) is 83.7 Å². The number of carbonyl (C=O) groups excluding carboxylic acids is 3. The molecule has 0 fully saturated rings. The first-order chi connectivity index (χ1) is 17.0. The summed E-state index contributed by atoms with van der Waals surface area (Å²) in [6.45, 7) is -0.0224. The van der Waals surface area contributed by atoms with Crippen LogP contribution in [0, 0.1) is 0 Å². The Morgan fingerprint density at radius 1 is 0.857 bits per heavy atom. The number of aromatic nitrogens is 2. The number of hydrogen-bond donors (Lipinski definition) is 2. The van der Waals surface area contributed by atoms with E-state index in [4.69, 9.17) is 0 Å². The van der Waals surface area contributed by atoms with Crippen LogP contribution in [-0.2, 0) is 16.1 Å². The quantitative estimate of drug-likeness (QED) is 0.401. The van der Waals surface area contributed by atoms with Crippen LogP contribution >= 0.6 is 0 Å². The molecule has 0 saturated heterocycles. The Labute approximate surface area is 200 Å². The Morgan fingerprint density at radius 3 is 2.20 bits per heavy atom. The summed E-state index contributed by atoms with van der Waals surface area (Å²) in [6, 6.07) is 22.4. The van der Waals surface area contributed by atoms with E-state index in [-0.39, 0.29) is 24.3 Å². The fourth-order valence-electron chi connectivity index (χ4n) is 3.49. The van der Waals surface area contributed by atoms with Gasteiger partial charge in [0.15, 0.2) is 5.69 Å². The van der Waals surface area contributed by atoms with E-state index < -0.39 is 17.8 Å². The number of methoxy groups -OCH3 is 1. The Morgan fingerprint density at radius 2 is 1.51 bits per heavy atom. The summed E-state index contributed by atoms with van der Waals surface area (Å²) >= 11 is 0. The van der Waals surface area contributed by atoms with E-state index in [2.05, 4.69) is 20.5 Å². The molecule has 0 unspecified atom stereocenters. The van der Waals surface area contributed by atoms with Gasteiger partial charge in [0, 0.05) is 16.6 Å². The number of esters is 1. The maximum atomic E-state index is 13.2. The van der Waals surface area contributed by atoms with Gasteiger partial charge in [0.05, 0.1) is 19.0 Å². The Balaban J connectivity index is 1.58. The Hall–Kier alpha value is -4.79. The monoisotopic (exact) mass is 470 g/mol. The highest BCUT2D eigenvalue weighted by molar-refractivity contribution is 6.11. The summed E-state index contributed by atoms with van der Waals surface area (Å²) in [6.07, 6.45) is 0. The molecule has 0 saturated carbocycles. The van der Waals surface area contributed by atoms with Gasteiger partial charge in [0.25, 0.3) is 17.4 Å². The lowest BCUT2D eigenvalue weighted by atomic mass is 10.1. The third-order valence-corrected chi connectivity index (χ3v) is 5.28. The van der Waals surface area contributed by atoms with Gasteiger partial charge in [-0.1, -0.05) is 48.5 Å². The van der Waals surface area contributed by atoms with Crippen molar-refractivity contribution in [3.05, 3.63) is 106 Å². The largest absolute Gasteiger partial charge is 0.468 e. The molecule has 1 aromatic heterocycles. The molecular formula is C26H22N4O5. The van der Waals surface area contributed by atoms with E-state index in [0.29, 0.717) is 22.0 Å². The van der Waals surface area contributed by atoms with Gasteiger partial charge >= 0.3 is 5.97 Å². The predicted molar refractivity (Wildman–Crippen MR) is 130 cm³/mol. The van der Waals surface area contributed by atoms with E-state index in [0.717, 1.165) is 5.56 Å². The number of ether oxygens (including phenoxy) is 1. The van der Waals surface area contributed by atoms with Gasteiger partial charge in [-0.05, 0) is 35.9 Å². The number of amides is 2. The molecule has 0 aliphatic rings. The molecule has 3 aromatic carbocycles. The average molecular weight is 470 g/mol. The van der Waals surface area contributed by atoms with Crippen molar-refractivity contribution in [2.45, 2.75) is 6.54 Å². The van der Waals surface area contributed by atoms with E-state index in [1.807, 2.05) is 30.3 Å². The lowest BCUT2D eigenvalue weighted by Crippen LogP contribution is -2.30. The molecule has 0 radical (unpaired) electrons. The van der Waals surface area contributed by atoms with Crippen LogP contribution in [0.4, 0.5) is 5.69 Å². The van der Waals surface area contributed by atoms with Crippen molar-refractivity contribution >= 4 is 34.2 Å². The fourth-order valence-corrected chi connectivity index (χ4v) is 3.49. The summed E-state index contributed by atoms with van der Waals surface area (Å²) in [5.41, 5.74) is 1.45. The molecule has 4 aromatic rings. The molecule has 9 heteroatoms. The van der Waals surface area contributed by atoms with Gasteiger partial charge in [-0.15, -0.1) is 0 Å². The third-order valence-electron chi connectivity index (χ3n) is 5.28. The summed E-state index contributed by atoms with van der Waals surface area (Å²) in [7, 11) is 1.23. The second-order valence-corrected chi connectivity index (χ2v) is 7.63. The minimum atomic E-state index is -0.560. The van der Waals surface area contributed by atoms with Crippen LogP contribution < -0.4 is 16.2 Å². The minimum Gasteiger partial charge on any atom is -0.468 e. The maximum absolute atomic E-state index is 13.2. The number of nitrogens with one attached hydrogen (secondary N) is 2. The number of anilines is 1. The van der Waals surface area contributed by atoms with Crippen molar-refractivity contribution in [1.29, 1.82) is 0 Å². The Kier molecular flexibility index (Phi) is 6.96. The van der Waals surface area contributed by atoms with E-state index in [1.165, 1.54) is 23.9 Å². The first-order valence-corrected chi connectivity index (χ1v) is 10.8. The molecule has 4 rings (SSSR count). The van der Waals surface area contributed by atoms with Crippen LogP contribution in [0.1, 0.15) is 26.4 Å². The van der Waals surface area contributed by atoms with Crippen LogP contribution in [0.2, 0.25) is 0 Å². The average Bonchev–Trinajstić information content (AvgIpc) is 2.89. The van der Waals surface area contributed by atoms with Gasteiger partial charge in [0.2, 0.25) is 0 Å². The molecule has 1 heterocycles. The number of carbonyl (C=O) groups is 3. The van der Waals surface area contributed by atoms with Crippen molar-refractivity contribution in [3.8, 4) is 0 Å². The summed E-state index contributed by atoms with van der Waals surface area (Å²) < 4.78 is 5.77. The molecule has 0 aliphatic heterocycles. The number of fused-ring (bicyclic) bond motifs is 1. The van der Waals surface area contributed by atoms with E-state index in [1.54, 1.807) is 36.4 Å².